The Kier molecular flexibility index (Phi) is 6.41. The Balaban J connectivity index is 1.36. The van der Waals surface area contributed by atoms with E-state index in [2.05, 4.69) is 15.1 Å². The van der Waals surface area contributed by atoms with Gasteiger partial charge in [-0.2, -0.15) is 18.2 Å². The Hall–Kier alpha value is -3.31. The van der Waals surface area contributed by atoms with Crippen molar-refractivity contribution in [2.75, 3.05) is 13.1 Å². The summed E-state index contributed by atoms with van der Waals surface area (Å²) in [5.41, 5.74) is 1.59. The Morgan fingerprint density at radius 1 is 1.15 bits per heavy atom. The summed E-state index contributed by atoms with van der Waals surface area (Å²) >= 11 is 0. The lowest BCUT2D eigenvalue weighted by atomic mass is 10.0. The van der Waals surface area contributed by atoms with Gasteiger partial charge < -0.3 is 9.64 Å². The molecular weight excluding hydrogens is 461 g/mol. The highest BCUT2D eigenvalue weighted by atomic mass is 19.4. The molecular formula is C22H22F5N5O2. The molecule has 1 fully saturated rings. The third-order valence-electron chi connectivity index (χ3n) is 5.87. The first-order valence-electron chi connectivity index (χ1n) is 10.7. The van der Waals surface area contributed by atoms with E-state index in [4.69, 9.17) is 4.74 Å². The van der Waals surface area contributed by atoms with Gasteiger partial charge in [-0.1, -0.05) is 0 Å². The van der Waals surface area contributed by atoms with E-state index < -0.39 is 23.6 Å². The summed E-state index contributed by atoms with van der Waals surface area (Å²) in [4.78, 5) is 22.0. The van der Waals surface area contributed by atoms with E-state index in [-0.39, 0.29) is 36.4 Å². The SMILES string of the molecule is Cc1nc2nc(C(F)(F)F)nn2c(C)c1CCC(=O)N1CCC(Oc2ccc(F)cc2F)CC1. The molecule has 4 rings (SSSR count). The lowest BCUT2D eigenvalue weighted by Crippen LogP contribution is -2.42. The fraction of sp³-hybridized carbons (Fsp3) is 0.455. The molecule has 1 amide bonds. The number of piperidine rings is 1. The van der Waals surface area contributed by atoms with Crippen molar-refractivity contribution >= 4 is 11.7 Å². The molecule has 2 aromatic heterocycles. The second kappa shape index (κ2) is 9.15. The minimum Gasteiger partial charge on any atom is -0.487 e. The number of amides is 1. The monoisotopic (exact) mass is 483 g/mol. The second-order valence-electron chi connectivity index (χ2n) is 8.18. The third kappa shape index (κ3) is 4.95. The first-order valence-corrected chi connectivity index (χ1v) is 10.7. The number of ether oxygens (including phenoxy) is 1. The summed E-state index contributed by atoms with van der Waals surface area (Å²) in [6.45, 7) is 4.11. The van der Waals surface area contributed by atoms with Crippen molar-refractivity contribution in [2.45, 2.75) is 51.8 Å². The van der Waals surface area contributed by atoms with Crippen LogP contribution in [0.5, 0.6) is 5.75 Å². The van der Waals surface area contributed by atoms with Crippen molar-refractivity contribution in [3.63, 3.8) is 0 Å². The quantitative estimate of drug-likeness (QED) is 0.513. The molecule has 34 heavy (non-hydrogen) atoms. The summed E-state index contributed by atoms with van der Waals surface area (Å²) in [5.74, 6) is -3.00. The summed E-state index contributed by atoms with van der Waals surface area (Å²) in [7, 11) is 0. The number of hydrogen-bond donors (Lipinski definition) is 0. The molecule has 1 saturated heterocycles. The zero-order chi connectivity index (χ0) is 24.6. The van der Waals surface area contributed by atoms with Crippen molar-refractivity contribution in [1.29, 1.82) is 0 Å². The summed E-state index contributed by atoms with van der Waals surface area (Å²) in [5, 5.41) is 3.52. The van der Waals surface area contributed by atoms with Crippen molar-refractivity contribution in [3.8, 4) is 5.75 Å². The van der Waals surface area contributed by atoms with Crippen LogP contribution in [0.15, 0.2) is 18.2 Å². The normalized spacial score (nSPS) is 15.2. The summed E-state index contributed by atoms with van der Waals surface area (Å²) < 4.78 is 72.3. The number of hydrogen-bond acceptors (Lipinski definition) is 5. The van der Waals surface area contributed by atoms with E-state index in [0.717, 1.165) is 16.6 Å². The largest absolute Gasteiger partial charge is 0.487 e. The van der Waals surface area contributed by atoms with Crippen LogP contribution in [0, 0.1) is 25.5 Å². The molecule has 1 aliphatic rings. The number of carbonyl (C=O) groups excluding carboxylic acids is 1. The Bertz CT molecular complexity index is 1220. The molecule has 0 bridgehead atoms. The van der Waals surface area contributed by atoms with Crippen molar-refractivity contribution in [3.05, 3.63) is 52.6 Å². The van der Waals surface area contributed by atoms with Crippen LogP contribution in [0.3, 0.4) is 0 Å². The number of alkyl halides is 3. The molecule has 0 N–H and O–H groups in total. The van der Waals surface area contributed by atoms with Gasteiger partial charge in [-0.25, -0.2) is 18.3 Å². The topological polar surface area (TPSA) is 72.6 Å². The lowest BCUT2D eigenvalue weighted by molar-refractivity contribution is -0.144. The fourth-order valence-electron chi connectivity index (χ4n) is 4.05. The molecule has 7 nitrogen and oxygen atoms in total. The number of carbonyl (C=O) groups is 1. The zero-order valence-corrected chi connectivity index (χ0v) is 18.5. The molecule has 0 spiro atoms. The molecule has 0 aliphatic carbocycles. The summed E-state index contributed by atoms with van der Waals surface area (Å²) in [6.07, 6.45) is -3.55. The predicted octanol–water partition coefficient (Wildman–Crippen LogP) is 4.04. The number of likely N-dealkylation sites (tertiary alicyclic amines) is 1. The Morgan fingerprint density at radius 2 is 1.85 bits per heavy atom. The molecule has 0 saturated carbocycles. The van der Waals surface area contributed by atoms with Gasteiger partial charge in [0.05, 0.1) is 0 Å². The van der Waals surface area contributed by atoms with Gasteiger partial charge in [0.2, 0.25) is 5.91 Å². The lowest BCUT2D eigenvalue weighted by Gasteiger charge is -2.32. The van der Waals surface area contributed by atoms with Crippen LogP contribution < -0.4 is 4.74 Å². The van der Waals surface area contributed by atoms with Crippen LogP contribution in [0.1, 0.15) is 42.0 Å². The number of halogens is 5. The Labute approximate surface area is 191 Å². The van der Waals surface area contributed by atoms with E-state index in [1.807, 2.05) is 0 Å². The van der Waals surface area contributed by atoms with Crippen LogP contribution in [0.4, 0.5) is 22.0 Å². The number of aryl methyl sites for hydroxylation is 2. The van der Waals surface area contributed by atoms with Crippen molar-refractivity contribution in [2.24, 2.45) is 0 Å². The fourth-order valence-corrected chi connectivity index (χ4v) is 4.05. The van der Waals surface area contributed by atoms with Crippen LogP contribution in [0.25, 0.3) is 5.78 Å². The molecule has 3 heterocycles. The van der Waals surface area contributed by atoms with Gasteiger partial charge >= 0.3 is 6.18 Å². The number of benzene rings is 1. The highest BCUT2D eigenvalue weighted by molar-refractivity contribution is 5.76. The highest BCUT2D eigenvalue weighted by Crippen LogP contribution is 2.27. The van der Waals surface area contributed by atoms with Crippen LogP contribution in [0.2, 0.25) is 0 Å². The van der Waals surface area contributed by atoms with Crippen LogP contribution >= 0.6 is 0 Å². The maximum atomic E-state index is 13.8. The number of rotatable bonds is 5. The second-order valence-corrected chi connectivity index (χ2v) is 8.18. The molecule has 0 unspecified atom stereocenters. The van der Waals surface area contributed by atoms with Gasteiger partial charge in [-0.3, -0.25) is 4.79 Å². The van der Waals surface area contributed by atoms with Gasteiger partial charge in [0.25, 0.3) is 11.6 Å². The Morgan fingerprint density at radius 3 is 2.50 bits per heavy atom. The van der Waals surface area contributed by atoms with E-state index >= 15 is 0 Å². The van der Waals surface area contributed by atoms with Crippen molar-refractivity contribution in [1.82, 2.24) is 24.5 Å². The van der Waals surface area contributed by atoms with E-state index in [1.165, 1.54) is 6.07 Å². The predicted molar refractivity (Wildman–Crippen MR) is 110 cm³/mol. The maximum absolute atomic E-state index is 13.8. The molecule has 1 aliphatic heterocycles. The van der Waals surface area contributed by atoms with Crippen molar-refractivity contribution < 1.29 is 31.5 Å². The van der Waals surface area contributed by atoms with Crippen LogP contribution in [-0.2, 0) is 17.4 Å². The van der Waals surface area contributed by atoms with E-state index in [1.54, 1.807) is 18.7 Å². The molecule has 1 aromatic carbocycles. The third-order valence-corrected chi connectivity index (χ3v) is 5.87. The van der Waals surface area contributed by atoms with Gasteiger partial charge in [-0.15, -0.1) is 5.10 Å². The molecule has 0 atom stereocenters. The van der Waals surface area contributed by atoms with Crippen LogP contribution in [-0.4, -0.2) is 49.6 Å². The molecule has 182 valence electrons. The minimum absolute atomic E-state index is 0.0261. The van der Waals surface area contributed by atoms with Gasteiger partial charge in [-0.05, 0) is 38.0 Å². The van der Waals surface area contributed by atoms with Gasteiger partial charge in [0.1, 0.15) is 11.9 Å². The first-order chi connectivity index (χ1) is 16.0. The van der Waals surface area contributed by atoms with E-state index in [0.29, 0.717) is 42.9 Å². The molecule has 3 aromatic rings. The number of fused-ring (bicyclic) bond motifs is 1. The average Bonchev–Trinajstić information content (AvgIpc) is 3.21. The minimum atomic E-state index is -4.68. The highest BCUT2D eigenvalue weighted by Gasteiger charge is 2.37. The van der Waals surface area contributed by atoms with Gasteiger partial charge in [0.15, 0.2) is 11.6 Å². The van der Waals surface area contributed by atoms with Gasteiger partial charge in [0, 0.05) is 49.8 Å². The summed E-state index contributed by atoms with van der Waals surface area (Å²) in [6, 6.07) is 3.12. The number of aromatic nitrogens is 4. The first kappa shape index (κ1) is 23.8. The number of nitrogens with zero attached hydrogens (tertiary/aromatic N) is 5. The average molecular weight is 483 g/mol. The standard InChI is InChI=1S/C22H22F5N5O2/c1-12-16(13(2)32-21(28-12)29-20(30-32)22(25,26)27)4-6-19(33)31-9-7-15(8-10-31)34-18-5-3-14(23)11-17(18)24/h3,5,11,15H,4,6-10H2,1-2H3. The molecule has 12 heteroatoms. The zero-order valence-electron chi connectivity index (χ0n) is 18.5. The van der Waals surface area contributed by atoms with E-state index in [9.17, 15) is 26.7 Å². The smallest absolute Gasteiger partial charge is 0.453 e. The molecule has 0 radical (unpaired) electrons. The maximum Gasteiger partial charge on any atom is 0.453 e.